The normalized spacial score (nSPS) is 14.2. The number of benzene rings is 2. The summed E-state index contributed by atoms with van der Waals surface area (Å²) in [5.74, 6) is -0.244. The molecule has 2 aromatic rings. The second-order valence-corrected chi connectivity index (χ2v) is 8.99. The van der Waals surface area contributed by atoms with Crippen molar-refractivity contribution < 1.29 is 17.9 Å². The number of rotatable bonds is 9. The molecule has 3 rings (SSSR count). The molecule has 0 aromatic heterocycles. The summed E-state index contributed by atoms with van der Waals surface area (Å²) in [6.45, 7) is 4.95. The molecule has 1 aliphatic carbocycles. The molecule has 0 saturated heterocycles. The summed E-state index contributed by atoms with van der Waals surface area (Å²) in [4.78, 5) is 12.5. The van der Waals surface area contributed by atoms with Gasteiger partial charge in [0.2, 0.25) is 10.0 Å². The van der Waals surface area contributed by atoms with E-state index in [1.54, 1.807) is 0 Å². The molecule has 0 spiro atoms. The molecule has 1 saturated carbocycles. The predicted octanol–water partition coefficient (Wildman–Crippen LogP) is 2.98. The number of carbonyl (C=O) groups excluding carboxylic acids is 1. The van der Waals surface area contributed by atoms with E-state index in [1.807, 2.05) is 38.1 Å². The molecular weight excluding hydrogens is 376 g/mol. The zero-order valence-corrected chi connectivity index (χ0v) is 17.0. The molecule has 0 unspecified atom stereocenters. The maximum Gasteiger partial charge on any atom is 0.251 e. The average molecular weight is 403 g/mol. The monoisotopic (exact) mass is 402 g/mol. The van der Waals surface area contributed by atoms with Gasteiger partial charge in [0.15, 0.2) is 0 Å². The minimum absolute atomic E-state index is 0.0521. The van der Waals surface area contributed by atoms with Crippen LogP contribution in [-0.2, 0) is 27.9 Å². The molecule has 0 aliphatic heterocycles. The van der Waals surface area contributed by atoms with Crippen LogP contribution in [0.5, 0.6) is 0 Å². The third-order valence-corrected chi connectivity index (χ3v) is 5.92. The Bertz CT molecular complexity index is 902. The van der Waals surface area contributed by atoms with Crippen molar-refractivity contribution in [2.45, 2.75) is 56.9 Å². The predicted molar refractivity (Wildman–Crippen MR) is 107 cm³/mol. The number of carbonyl (C=O) groups is 1. The Morgan fingerprint density at radius 3 is 2.21 bits per heavy atom. The molecule has 28 heavy (non-hydrogen) atoms. The van der Waals surface area contributed by atoms with Gasteiger partial charge in [-0.1, -0.05) is 24.3 Å². The van der Waals surface area contributed by atoms with Gasteiger partial charge >= 0.3 is 0 Å². The van der Waals surface area contributed by atoms with E-state index in [-0.39, 0.29) is 22.9 Å². The fourth-order valence-corrected chi connectivity index (χ4v) is 3.88. The molecule has 2 N–H and O–H groups in total. The van der Waals surface area contributed by atoms with Crippen LogP contribution in [0.1, 0.15) is 48.2 Å². The standard InChI is InChI=1S/C21H26N2O4S/c1-15(2)27-14-17-5-3-16(4-6-17)13-22-21(24)18-7-11-20(12-8-18)28(25,26)23-19-9-10-19/h3-8,11-12,15,19,23H,9-10,13-14H2,1-2H3,(H,22,24). The third kappa shape index (κ3) is 5.89. The van der Waals surface area contributed by atoms with Gasteiger partial charge in [-0.3, -0.25) is 4.79 Å². The second kappa shape index (κ2) is 8.86. The SMILES string of the molecule is CC(C)OCc1ccc(CNC(=O)c2ccc(S(=O)(=O)NC3CC3)cc2)cc1. The van der Waals surface area contributed by atoms with Gasteiger partial charge in [-0.15, -0.1) is 0 Å². The number of ether oxygens (including phenoxy) is 1. The lowest BCUT2D eigenvalue weighted by atomic mass is 10.1. The molecule has 0 heterocycles. The van der Waals surface area contributed by atoms with Crippen LogP contribution in [0.4, 0.5) is 0 Å². The van der Waals surface area contributed by atoms with Crippen LogP contribution < -0.4 is 10.0 Å². The maximum atomic E-state index is 12.3. The first kappa shape index (κ1) is 20.5. The number of amides is 1. The molecule has 2 aromatic carbocycles. The van der Waals surface area contributed by atoms with Crippen molar-refractivity contribution in [1.29, 1.82) is 0 Å². The maximum absolute atomic E-state index is 12.3. The molecule has 1 aliphatic rings. The summed E-state index contributed by atoms with van der Waals surface area (Å²) in [6, 6.07) is 13.9. The van der Waals surface area contributed by atoms with E-state index < -0.39 is 10.0 Å². The first-order chi connectivity index (χ1) is 13.3. The number of sulfonamides is 1. The minimum Gasteiger partial charge on any atom is -0.374 e. The van der Waals surface area contributed by atoms with E-state index in [1.165, 1.54) is 24.3 Å². The first-order valence-corrected chi connectivity index (χ1v) is 10.9. The summed E-state index contributed by atoms with van der Waals surface area (Å²) in [5.41, 5.74) is 2.49. The zero-order chi connectivity index (χ0) is 20.1. The third-order valence-electron chi connectivity index (χ3n) is 4.39. The van der Waals surface area contributed by atoms with Gasteiger partial charge in [0, 0.05) is 18.2 Å². The molecule has 0 bridgehead atoms. The van der Waals surface area contributed by atoms with E-state index in [9.17, 15) is 13.2 Å². The van der Waals surface area contributed by atoms with Crippen molar-refractivity contribution >= 4 is 15.9 Å². The minimum atomic E-state index is -3.50. The summed E-state index contributed by atoms with van der Waals surface area (Å²) >= 11 is 0. The van der Waals surface area contributed by atoms with Crippen LogP contribution in [0, 0.1) is 0 Å². The highest BCUT2D eigenvalue weighted by Crippen LogP contribution is 2.22. The highest BCUT2D eigenvalue weighted by molar-refractivity contribution is 7.89. The van der Waals surface area contributed by atoms with E-state index in [0.717, 1.165) is 24.0 Å². The quantitative estimate of drug-likeness (QED) is 0.675. The zero-order valence-electron chi connectivity index (χ0n) is 16.1. The van der Waals surface area contributed by atoms with Crippen LogP contribution >= 0.6 is 0 Å². The highest BCUT2D eigenvalue weighted by Gasteiger charge is 2.27. The summed E-state index contributed by atoms with van der Waals surface area (Å²) in [5, 5.41) is 2.85. The van der Waals surface area contributed by atoms with Crippen molar-refractivity contribution in [3.8, 4) is 0 Å². The molecule has 0 atom stereocenters. The van der Waals surface area contributed by atoms with Crippen LogP contribution in [0.3, 0.4) is 0 Å². The second-order valence-electron chi connectivity index (χ2n) is 7.28. The van der Waals surface area contributed by atoms with Crippen LogP contribution in [0.25, 0.3) is 0 Å². The lowest BCUT2D eigenvalue weighted by Gasteiger charge is -2.09. The van der Waals surface area contributed by atoms with Crippen molar-refractivity contribution in [2.75, 3.05) is 0 Å². The smallest absolute Gasteiger partial charge is 0.251 e. The lowest BCUT2D eigenvalue weighted by Crippen LogP contribution is -2.26. The Kier molecular flexibility index (Phi) is 6.49. The van der Waals surface area contributed by atoms with E-state index in [2.05, 4.69) is 10.0 Å². The van der Waals surface area contributed by atoms with E-state index >= 15 is 0 Å². The van der Waals surface area contributed by atoms with Crippen molar-refractivity contribution in [1.82, 2.24) is 10.0 Å². The lowest BCUT2D eigenvalue weighted by molar-refractivity contribution is 0.0657. The molecule has 0 radical (unpaired) electrons. The summed E-state index contributed by atoms with van der Waals surface area (Å²) in [7, 11) is -3.50. The van der Waals surface area contributed by atoms with Crippen LogP contribution in [0.15, 0.2) is 53.4 Å². The number of nitrogens with one attached hydrogen (secondary N) is 2. The highest BCUT2D eigenvalue weighted by atomic mass is 32.2. The Hall–Kier alpha value is -2.22. The van der Waals surface area contributed by atoms with E-state index in [0.29, 0.717) is 18.7 Å². The molecule has 1 fully saturated rings. The molecule has 6 nitrogen and oxygen atoms in total. The van der Waals surface area contributed by atoms with Crippen LogP contribution in [-0.4, -0.2) is 26.5 Å². The van der Waals surface area contributed by atoms with Gasteiger partial charge in [0.05, 0.1) is 17.6 Å². The van der Waals surface area contributed by atoms with Gasteiger partial charge in [-0.2, -0.15) is 0 Å². The molecule has 150 valence electrons. The van der Waals surface area contributed by atoms with Crippen LogP contribution in [0.2, 0.25) is 0 Å². The van der Waals surface area contributed by atoms with Gasteiger partial charge in [-0.05, 0) is 62.1 Å². The van der Waals surface area contributed by atoms with Gasteiger partial charge in [0.25, 0.3) is 5.91 Å². The Labute approximate surface area is 166 Å². The first-order valence-electron chi connectivity index (χ1n) is 9.43. The van der Waals surface area contributed by atoms with Crippen molar-refractivity contribution in [3.05, 3.63) is 65.2 Å². The Morgan fingerprint density at radius 2 is 1.64 bits per heavy atom. The van der Waals surface area contributed by atoms with Crippen molar-refractivity contribution in [3.63, 3.8) is 0 Å². The largest absolute Gasteiger partial charge is 0.374 e. The molecule has 1 amide bonds. The van der Waals surface area contributed by atoms with E-state index in [4.69, 9.17) is 4.74 Å². The van der Waals surface area contributed by atoms with Gasteiger partial charge in [-0.25, -0.2) is 13.1 Å². The molecule has 7 heteroatoms. The molecular formula is C21H26N2O4S. The van der Waals surface area contributed by atoms with Gasteiger partial charge in [0.1, 0.15) is 0 Å². The Balaban J connectivity index is 1.53. The fourth-order valence-electron chi connectivity index (χ4n) is 2.57. The Morgan fingerprint density at radius 1 is 1.04 bits per heavy atom. The summed E-state index contributed by atoms with van der Waals surface area (Å²) in [6.07, 6.45) is 1.95. The topological polar surface area (TPSA) is 84.5 Å². The number of hydrogen-bond acceptors (Lipinski definition) is 4. The average Bonchev–Trinajstić information content (AvgIpc) is 3.48. The van der Waals surface area contributed by atoms with Gasteiger partial charge < -0.3 is 10.1 Å². The number of hydrogen-bond donors (Lipinski definition) is 2. The fraction of sp³-hybridized carbons (Fsp3) is 0.381. The summed E-state index contributed by atoms with van der Waals surface area (Å²) < 4.78 is 32.5. The van der Waals surface area contributed by atoms with Crippen molar-refractivity contribution in [2.24, 2.45) is 0 Å².